The Morgan fingerprint density at radius 3 is 2.53 bits per heavy atom. The minimum atomic E-state index is -0.395. The molecule has 30 heavy (non-hydrogen) atoms. The van der Waals surface area contributed by atoms with Crippen molar-refractivity contribution in [3.63, 3.8) is 0 Å². The number of aromatic nitrogens is 2. The van der Waals surface area contributed by atoms with E-state index in [0.29, 0.717) is 37.6 Å². The largest absolute Gasteiger partial charge is 0.320 e. The van der Waals surface area contributed by atoms with Crippen molar-refractivity contribution >= 4 is 67.8 Å². The van der Waals surface area contributed by atoms with E-state index in [1.807, 2.05) is 6.92 Å². The van der Waals surface area contributed by atoms with Crippen molar-refractivity contribution in [1.29, 1.82) is 0 Å². The normalized spacial score (nSPS) is 10.9. The van der Waals surface area contributed by atoms with E-state index in [1.165, 1.54) is 11.3 Å². The predicted octanol–water partition coefficient (Wildman–Crippen LogP) is 6.05. The van der Waals surface area contributed by atoms with Gasteiger partial charge in [0.25, 0.3) is 11.8 Å². The number of aryl methyl sites for hydroxylation is 2. The molecule has 0 atom stereocenters. The van der Waals surface area contributed by atoms with E-state index in [4.69, 9.17) is 23.2 Å². The van der Waals surface area contributed by atoms with Gasteiger partial charge in [0.1, 0.15) is 4.88 Å². The fourth-order valence-electron chi connectivity index (χ4n) is 3.07. The SMILES string of the molecule is Cc1n[nH]c(C)c1NC(=O)c1ccccc1NC(=O)c1sc2cc(Cl)ccc2c1Cl. The summed E-state index contributed by atoms with van der Waals surface area (Å²) in [6, 6.07) is 12.1. The predicted molar refractivity (Wildman–Crippen MR) is 122 cm³/mol. The van der Waals surface area contributed by atoms with E-state index in [0.717, 1.165) is 15.8 Å². The first-order valence-electron chi connectivity index (χ1n) is 8.96. The Morgan fingerprint density at radius 2 is 1.80 bits per heavy atom. The van der Waals surface area contributed by atoms with E-state index >= 15 is 0 Å². The maximum absolute atomic E-state index is 12.9. The monoisotopic (exact) mass is 458 g/mol. The highest BCUT2D eigenvalue weighted by Gasteiger charge is 2.20. The quantitative estimate of drug-likeness (QED) is 0.347. The third-order valence-electron chi connectivity index (χ3n) is 4.58. The Balaban J connectivity index is 1.62. The number of amides is 2. The van der Waals surface area contributed by atoms with E-state index in [2.05, 4.69) is 20.8 Å². The Hall–Kier alpha value is -2.87. The Bertz CT molecular complexity index is 1280. The molecule has 0 radical (unpaired) electrons. The van der Waals surface area contributed by atoms with Gasteiger partial charge < -0.3 is 10.6 Å². The molecule has 4 aromatic rings. The summed E-state index contributed by atoms with van der Waals surface area (Å²) in [4.78, 5) is 26.1. The molecule has 0 aliphatic heterocycles. The Morgan fingerprint density at radius 1 is 1.03 bits per heavy atom. The van der Waals surface area contributed by atoms with Crippen molar-refractivity contribution < 1.29 is 9.59 Å². The van der Waals surface area contributed by atoms with Gasteiger partial charge in [-0.15, -0.1) is 11.3 Å². The lowest BCUT2D eigenvalue weighted by atomic mass is 10.1. The topological polar surface area (TPSA) is 86.9 Å². The average Bonchev–Trinajstić information content (AvgIpc) is 3.21. The minimum Gasteiger partial charge on any atom is -0.320 e. The van der Waals surface area contributed by atoms with Gasteiger partial charge in [-0.05, 0) is 38.1 Å². The van der Waals surface area contributed by atoms with Gasteiger partial charge in [0.05, 0.1) is 33.3 Å². The highest BCUT2D eigenvalue weighted by molar-refractivity contribution is 7.21. The van der Waals surface area contributed by atoms with E-state index < -0.39 is 5.91 Å². The zero-order chi connectivity index (χ0) is 21.4. The van der Waals surface area contributed by atoms with Crippen LogP contribution in [0.25, 0.3) is 10.1 Å². The van der Waals surface area contributed by atoms with E-state index in [9.17, 15) is 9.59 Å². The van der Waals surface area contributed by atoms with Gasteiger partial charge >= 0.3 is 0 Å². The molecular formula is C21H16Cl2N4O2S. The molecule has 0 saturated carbocycles. The highest BCUT2D eigenvalue weighted by Crippen LogP contribution is 2.37. The number of anilines is 2. The highest BCUT2D eigenvalue weighted by atomic mass is 35.5. The molecule has 9 heteroatoms. The number of nitrogens with one attached hydrogen (secondary N) is 3. The third kappa shape index (κ3) is 3.79. The number of H-pyrrole nitrogens is 1. The van der Waals surface area contributed by atoms with Crippen molar-refractivity contribution in [3.05, 3.63) is 74.3 Å². The summed E-state index contributed by atoms with van der Waals surface area (Å²) in [5.41, 5.74) is 2.75. The molecule has 0 unspecified atom stereocenters. The second-order valence-electron chi connectivity index (χ2n) is 6.65. The van der Waals surface area contributed by atoms with Crippen LogP contribution >= 0.6 is 34.5 Å². The lowest BCUT2D eigenvalue weighted by Gasteiger charge is -2.11. The zero-order valence-electron chi connectivity index (χ0n) is 16.0. The molecule has 0 fully saturated rings. The minimum absolute atomic E-state index is 0.325. The number of halogens is 2. The van der Waals surface area contributed by atoms with Gasteiger partial charge in [0, 0.05) is 15.1 Å². The number of carbonyl (C=O) groups excluding carboxylic acids is 2. The van der Waals surface area contributed by atoms with Crippen LogP contribution in [-0.2, 0) is 0 Å². The molecule has 2 aromatic carbocycles. The molecule has 152 valence electrons. The smallest absolute Gasteiger partial charge is 0.267 e. The van der Waals surface area contributed by atoms with Gasteiger partial charge in [0.15, 0.2) is 0 Å². The lowest BCUT2D eigenvalue weighted by Crippen LogP contribution is -2.18. The number of hydrogen-bond acceptors (Lipinski definition) is 4. The maximum Gasteiger partial charge on any atom is 0.267 e. The number of benzene rings is 2. The van der Waals surface area contributed by atoms with Crippen molar-refractivity contribution in [2.75, 3.05) is 10.6 Å². The van der Waals surface area contributed by atoms with Crippen LogP contribution in [0.5, 0.6) is 0 Å². The van der Waals surface area contributed by atoms with Crippen molar-refractivity contribution in [1.82, 2.24) is 10.2 Å². The van der Waals surface area contributed by atoms with Crippen LogP contribution in [0.1, 0.15) is 31.4 Å². The average molecular weight is 459 g/mol. The molecule has 0 aliphatic rings. The molecule has 0 saturated heterocycles. The molecule has 2 aromatic heterocycles. The van der Waals surface area contributed by atoms with E-state index in [-0.39, 0.29) is 5.91 Å². The van der Waals surface area contributed by atoms with Crippen molar-refractivity contribution in [2.45, 2.75) is 13.8 Å². The molecule has 0 bridgehead atoms. The molecular weight excluding hydrogens is 443 g/mol. The number of thiophene rings is 1. The lowest BCUT2D eigenvalue weighted by molar-refractivity contribution is 0.102. The molecule has 4 rings (SSSR count). The summed E-state index contributed by atoms with van der Waals surface area (Å²) < 4.78 is 0.814. The Labute approximate surface area is 186 Å². The molecule has 0 spiro atoms. The van der Waals surface area contributed by atoms with Crippen molar-refractivity contribution in [2.24, 2.45) is 0 Å². The first-order chi connectivity index (χ1) is 14.3. The summed E-state index contributed by atoms with van der Waals surface area (Å²) in [6.45, 7) is 3.61. The summed E-state index contributed by atoms with van der Waals surface area (Å²) in [5.74, 6) is -0.749. The molecule has 3 N–H and O–H groups in total. The van der Waals surface area contributed by atoms with Crippen LogP contribution in [-0.4, -0.2) is 22.0 Å². The standard InChI is InChI=1S/C21H16Cl2N4O2S/c1-10-18(11(2)27-26-10)25-20(28)13-5-3-4-6-15(13)24-21(29)19-17(23)14-8-7-12(22)9-16(14)30-19/h3-9H,1-2H3,(H,24,29)(H,25,28)(H,26,27). The number of aromatic amines is 1. The van der Waals surface area contributed by atoms with Crippen LogP contribution < -0.4 is 10.6 Å². The second-order valence-corrected chi connectivity index (χ2v) is 8.52. The second kappa shape index (κ2) is 8.10. The zero-order valence-corrected chi connectivity index (χ0v) is 18.3. The number of rotatable bonds is 4. The summed E-state index contributed by atoms with van der Waals surface area (Å²) in [6.07, 6.45) is 0. The van der Waals surface area contributed by atoms with Gasteiger partial charge in [-0.25, -0.2) is 0 Å². The molecule has 2 amide bonds. The van der Waals surface area contributed by atoms with Crippen LogP contribution in [0.4, 0.5) is 11.4 Å². The first-order valence-corrected chi connectivity index (χ1v) is 10.5. The fraction of sp³-hybridized carbons (Fsp3) is 0.0952. The van der Waals surface area contributed by atoms with Gasteiger partial charge in [-0.1, -0.05) is 41.4 Å². The molecule has 2 heterocycles. The van der Waals surface area contributed by atoms with Crippen molar-refractivity contribution in [3.8, 4) is 0 Å². The summed E-state index contributed by atoms with van der Waals surface area (Å²) in [7, 11) is 0. The molecule has 0 aliphatic carbocycles. The van der Waals surface area contributed by atoms with Crippen LogP contribution in [0.2, 0.25) is 10.0 Å². The maximum atomic E-state index is 12.9. The van der Waals surface area contributed by atoms with Crippen LogP contribution in [0.3, 0.4) is 0 Å². The summed E-state index contributed by atoms with van der Waals surface area (Å²) >= 11 is 13.7. The fourth-order valence-corrected chi connectivity index (χ4v) is 4.76. The van der Waals surface area contributed by atoms with Crippen LogP contribution in [0.15, 0.2) is 42.5 Å². The first kappa shape index (κ1) is 20.4. The summed E-state index contributed by atoms with van der Waals surface area (Å²) in [5, 5.41) is 14.2. The van der Waals surface area contributed by atoms with Gasteiger partial charge in [0.2, 0.25) is 0 Å². The number of fused-ring (bicyclic) bond motifs is 1. The van der Waals surface area contributed by atoms with Crippen LogP contribution in [0, 0.1) is 13.8 Å². The van der Waals surface area contributed by atoms with E-state index in [1.54, 1.807) is 49.4 Å². The third-order valence-corrected chi connectivity index (χ3v) is 6.48. The number of nitrogens with zero attached hydrogens (tertiary/aromatic N) is 1. The van der Waals surface area contributed by atoms with Gasteiger partial charge in [-0.3, -0.25) is 14.7 Å². The Kier molecular flexibility index (Phi) is 5.51. The number of para-hydroxylation sites is 1. The number of carbonyl (C=O) groups is 2. The van der Waals surface area contributed by atoms with Gasteiger partial charge in [-0.2, -0.15) is 5.10 Å². The molecule has 6 nitrogen and oxygen atoms in total. The number of hydrogen-bond donors (Lipinski definition) is 3.